The zero-order chi connectivity index (χ0) is 50.4. The molecule has 0 saturated heterocycles. The van der Waals surface area contributed by atoms with Crippen LogP contribution >= 0.6 is 7.26 Å². The fraction of sp³-hybridized carbons (Fsp3) is 0.213. The van der Waals surface area contributed by atoms with Crippen LogP contribution in [0.25, 0.3) is 12.2 Å². The number of hydrogen-bond acceptors (Lipinski definition) is 5. The first-order chi connectivity index (χ1) is 32.4. The predicted molar refractivity (Wildman–Crippen MR) is 294 cm³/mol. The number of aliphatic carboxylic acids is 2. The molecule has 69 heavy (non-hydrogen) atoms. The predicted octanol–water partition coefficient (Wildman–Crippen LogP) is 13.4. The topological polar surface area (TPSA) is 110 Å². The Bertz CT molecular complexity index is 2620. The van der Waals surface area contributed by atoms with Crippen LogP contribution in [0, 0.1) is 49.0 Å². The summed E-state index contributed by atoms with van der Waals surface area (Å²) in [6.45, 7) is 20.1. The summed E-state index contributed by atoms with van der Waals surface area (Å²) in [5, 5.41) is 20.9. The average molecular weight is 947 g/mol. The Morgan fingerprint density at radius 2 is 0.913 bits per heavy atom. The monoisotopic (exact) mass is 946 g/mol. The van der Waals surface area contributed by atoms with Crippen LogP contribution < -0.4 is 25.4 Å². The molecule has 0 aromatic heterocycles. The molecule has 5 rings (SSSR count). The Morgan fingerprint density at radius 1 is 0.536 bits per heavy atom. The number of rotatable bonds is 16. The molecule has 0 atom stereocenters. The molecule has 0 heterocycles. The van der Waals surface area contributed by atoms with Crippen molar-refractivity contribution in [2.24, 2.45) is 0 Å². The van der Waals surface area contributed by atoms with E-state index in [0.717, 1.165) is 34.9 Å². The number of aryl methyl sites for hydroxylation is 2. The molecule has 5 aromatic rings. The Kier molecular flexibility index (Phi) is 24.4. The number of carbonyl (C=O) groups excluding carboxylic acids is 1. The quantitative estimate of drug-likeness (QED) is 0.0333. The molecule has 0 aliphatic carbocycles. The smallest absolute Gasteiger partial charge is 0.328 e. The van der Waals surface area contributed by atoms with E-state index in [2.05, 4.69) is 182 Å². The summed E-state index contributed by atoms with van der Waals surface area (Å²) in [6.07, 6.45) is 20.2. The van der Waals surface area contributed by atoms with E-state index in [1.54, 1.807) is 27.2 Å². The maximum Gasteiger partial charge on any atom is 0.328 e. The van der Waals surface area contributed by atoms with Crippen molar-refractivity contribution in [3.05, 3.63) is 226 Å². The van der Waals surface area contributed by atoms with Gasteiger partial charge in [-0.05, 0) is 179 Å². The summed E-state index contributed by atoms with van der Waals surface area (Å²) in [7, 11) is 1.57. The third-order valence-electron chi connectivity index (χ3n) is 11.6. The Labute approximate surface area is 413 Å². The van der Waals surface area contributed by atoms with Gasteiger partial charge in [-0.3, -0.25) is 4.79 Å². The van der Waals surface area contributed by atoms with Gasteiger partial charge in [0.1, 0.15) is 41.0 Å². The first kappa shape index (κ1) is 58.0. The van der Waals surface area contributed by atoms with E-state index in [0.29, 0.717) is 11.9 Å². The molecule has 0 amide bonds. The van der Waals surface area contributed by atoms with E-state index in [4.69, 9.17) is 19.7 Å². The highest BCUT2D eigenvalue weighted by atomic mass is 31.2. The highest BCUT2D eigenvalue weighted by Gasteiger charge is 2.44. The Hall–Kier alpha value is -7.08. The van der Waals surface area contributed by atoms with Gasteiger partial charge in [0.15, 0.2) is 0 Å². The van der Waals surface area contributed by atoms with Crippen LogP contribution in [-0.2, 0) is 14.4 Å². The molecule has 0 bridgehead atoms. The number of benzene rings is 5. The molecule has 0 aliphatic rings. The van der Waals surface area contributed by atoms with Crippen LogP contribution in [0.4, 0.5) is 0 Å². The molecular weight excluding hydrogens is 876 g/mol. The van der Waals surface area contributed by atoms with Crippen molar-refractivity contribution >= 4 is 53.6 Å². The number of carboxylic acid groups (broad SMARTS) is 2. The third-order valence-corrected chi connectivity index (χ3v) is 15.8. The van der Waals surface area contributed by atoms with Gasteiger partial charge in [-0.25, -0.2) is 9.59 Å². The molecule has 7 nitrogen and oxygen atoms in total. The number of carbonyl (C=O) groups is 3. The Morgan fingerprint density at radius 3 is 1.26 bits per heavy atom. The minimum absolute atomic E-state index is 0. The van der Waals surface area contributed by atoms with Gasteiger partial charge in [-0.2, -0.15) is 0 Å². The van der Waals surface area contributed by atoms with Gasteiger partial charge in [-0.1, -0.05) is 108 Å². The van der Waals surface area contributed by atoms with Crippen molar-refractivity contribution in [1.82, 2.24) is 0 Å². The molecule has 2 N–H and O–H groups in total. The van der Waals surface area contributed by atoms with Crippen LogP contribution in [0.15, 0.2) is 174 Å². The van der Waals surface area contributed by atoms with Crippen LogP contribution in [0.2, 0.25) is 0 Å². The van der Waals surface area contributed by atoms with Crippen molar-refractivity contribution in [3.63, 3.8) is 0 Å². The maximum absolute atomic E-state index is 10.6. The van der Waals surface area contributed by atoms with E-state index < -0.39 is 19.2 Å². The number of allylic oxidation sites excluding steroid dienone is 10. The lowest BCUT2D eigenvalue weighted by molar-refractivity contribution is -0.132. The maximum atomic E-state index is 10.6. The van der Waals surface area contributed by atoms with Crippen LogP contribution in [-0.4, -0.2) is 48.8 Å². The van der Waals surface area contributed by atoms with Crippen molar-refractivity contribution < 1.29 is 34.1 Å². The largest absolute Gasteiger partial charge is 0.496 e. The lowest BCUT2D eigenvalue weighted by Crippen LogP contribution is -2.33. The average Bonchev–Trinajstić information content (AvgIpc) is 3.32. The molecule has 0 spiro atoms. The first-order valence-electron chi connectivity index (χ1n) is 22.4. The summed E-state index contributed by atoms with van der Waals surface area (Å²) >= 11 is 0. The molecule has 0 aliphatic heterocycles. The zero-order valence-electron chi connectivity index (χ0n) is 42.8. The second-order valence-electron chi connectivity index (χ2n) is 16.6. The van der Waals surface area contributed by atoms with Gasteiger partial charge in [-0.15, -0.1) is 0 Å². The molecule has 0 saturated carbocycles. The SMILES string of the molecule is C/C(C=O)=C\C(=O)O.COc1cc(C)c(/C=C/C(C)=C/C=C/C(C)=C/C(=O)O)c(C)c1C.COc1cc(C)c(/C=C/C(C)=C/C[P+](c2ccccc2)(c2ccccc2)c2ccccc2)c(C)c1C.[CH3-]. The summed E-state index contributed by atoms with van der Waals surface area (Å²) in [6, 6.07) is 37.4. The van der Waals surface area contributed by atoms with Gasteiger partial charge in [0, 0.05) is 12.2 Å². The lowest BCUT2D eigenvalue weighted by Gasteiger charge is -2.26. The van der Waals surface area contributed by atoms with E-state index in [1.165, 1.54) is 73.4 Å². The molecule has 0 radical (unpaired) electrons. The number of methoxy groups -OCH3 is 2. The minimum atomic E-state index is -1.87. The van der Waals surface area contributed by atoms with Gasteiger partial charge in [0.2, 0.25) is 0 Å². The Balaban J connectivity index is 0.000000427. The van der Waals surface area contributed by atoms with E-state index in [-0.39, 0.29) is 13.0 Å². The number of carboxylic acids is 2. The zero-order valence-corrected chi connectivity index (χ0v) is 43.7. The summed E-state index contributed by atoms with van der Waals surface area (Å²) in [5.41, 5.74) is 13.0. The molecule has 0 fully saturated rings. The van der Waals surface area contributed by atoms with E-state index >= 15 is 0 Å². The van der Waals surface area contributed by atoms with Crippen molar-refractivity contribution in [3.8, 4) is 11.5 Å². The van der Waals surface area contributed by atoms with E-state index in [9.17, 15) is 14.4 Å². The number of hydrogen-bond donors (Lipinski definition) is 2. The summed E-state index contributed by atoms with van der Waals surface area (Å²) < 4.78 is 11.0. The molecule has 8 heteroatoms. The standard InChI is InChI=1S/C34H36OP.C21H26O3.C5H6O3.CH3/c1-26(21-22-33-27(2)25-34(35-5)29(4)28(33)3)23-24-36(30-15-9-6-10-16-30,31-17-11-7-12-18-31)32-19-13-8-14-20-32;1-14(8-7-9-15(2)12-21(22)23)10-11-19-16(3)13-20(24-6)18(5)17(19)4;1-4(3-6)2-5(7)8;/h6-23,25H,24H2,1-5H3;7-13H,1-6H3,(H,22,23);2-3H,1H3,(H,7,8);1H3/q+1;;;-1/b22-21+,26-23+;9-7+,11-10+,14-8+,15-12+;4-2+;. The highest BCUT2D eigenvalue weighted by molar-refractivity contribution is 7.95. The van der Waals surface area contributed by atoms with Crippen LogP contribution in [0.5, 0.6) is 11.5 Å². The normalized spacial score (nSPS) is 12.2. The summed E-state index contributed by atoms with van der Waals surface area (Å²) in [4.78, 5) is 30.0. The minimum Gasteiger partial charge on any atom is -0.496 e. The number of ether oxygens (including phenoxy) is 2. The highest BCUT2D eigenvalue weighted by Crippen LogP contribution is 2.55. The van der Waals surface area contributed by atoms with Gasteiger partial charge in [0.25, 0.3) is 0 Å². The second-order valence-corrected chi connectivity index (χ2v) is 20.1. The summed E-state index contributed by atoms with van der Waals surface area (Å²) in [5.74, 6) is -0.149. The second kappa shape index (κ2) is 29.0. The van der Waals surface area contributed by atoms with Gasteiger partial charge < -0.3 is 27.1 Å². The van der Waals surface area contributed by atoms with Crippen LogP contribution in [0.1, 0.15) is 72.2 Å². The fourth-order valence-electron chi connectivity index (χ4n) is 7.54. The van der Waals surface area contributed by atoms with E-state index in [1.807, 2.05) is 19.1 Å². The van der Waals surface area contributed by atoms with Crippen molar-refractivity contribution in [2.75, 3.05) is 20.4 Å². The third kappa shape index (κ3) is 17.2. The lowest BCUT2D eigenvalue weighted by atomic mass is 9.96. The molecule has 362 valence electrons. The van der Waals surface area contributed by atoms with Crippen LogP contribution in [0.3, 0.4) is 0 Å². The van der Waals surface area contributed by atoms with Crippen molar-refractivity contribution in [2.45, 2.75) is 69.2 Å². The molecule has 5 aromatic carbocycles. The van der Waals surface area contributed by atoms with Gasteiger partial charge in [0.05, 0.1) is 20.4 Å². The molecular formula is C61H71O7P. The number of aldehydes is 1. The first-order valence-corrected chi connectivity index (χ1v) is 24.4. The van der Waals surface area contributed by atoms with Crippen molar-refractivity contribution in [1.29, 1.82) is 0 Å². The fourth-order valence-corrected chi connectivity index (χ4v) is 11.7. The molecule has 0 unspecified atom stereocenters. The van der Waals surface area contributed by atoms with Gasteiger partial charge >= 0.3 is 11.9 Å².